The maximum absolute atomic E-state index is 6.46. The lowest BCUT2D eigenvalue weighted by Gasteiger charge is -2.37. The molecule has 1 saturated carbocycles. The molecule has 16 heavy (non-hydrogen) atoms. The summed E-state index contributed by atoms with van der Waals surface area (Å²) in [4.78, 5) is 0. The summed E-state index contributed by atoms with van der Waals surface area (Å²) in [5.41, 5.74) is 6.53. The predicted molar refractivity (Wildman–Crippen MR) is 71.5 cm³/mol. The zero-order valence-corrected chi connectivity index (χ0v) is 11.4. The second-order valence-electron chi connectivity index (χ2n) is 5.88. The lowest BCUT2D eigenvalue weighted by Crippen LogP contribution is -2.52. The molecule has 1 rings (SSSR count). The molecule has 2 nitrogen and oxygen atoms in total. The van der Waals surface area contributed by atoms with Crippen LogP contribution in [0.25, 0.3) is 0 Å². The van der Waals surface area contributed by atoms with E-state index in [2.05, 4.69) is 26.1 Å². The van der Waals surface area contributed by atoms with Gasteiger partial charge in [0.05, 0.1) is 0 Å². The molecule has 0 aliphatic heterocycles. The zero-order chi connectivity index (χ0) is 12.0. The van der Waals surface area contributed by atoms with Crippen molar-refractivity contribution in [3.63, 3.8) is 0 Å². The van der Waals surface area contributed by atoms with Crippen LogP contribution in [0.4, 0.5) is 0 Å². The standard InChI is InChI=1S/C14H30N2/c1-4-13(5-2)10-16-11-14(15)8-6-7-12(3)9-14/h12-13,16H,4-11,15H2,1-3H3. The Kier molecular flexibility index (Phi) is 5.77. The van der Waals surface area contributed by atoms with E-state index in [1.807, 2.05) is 0 Å². The molecule has 0 saturated heterocycles. The van der Waals surface area contributed by atoms with Crippen molar-refractivity contribution < 1.29 is 0 Å². The van der Waals surface area contributed by atoms with Crippen LogP contribution in [0.1, 0.15) is 59.3 Å². The van der Waals surface area contributed by atoms with Crippen LogP contribution in [-0.2, 0) is 0 Å². The Morgan fingerprint density at radius 2 is 2.06 bits per heavy atom. The van der Waals surface area contributed by atoms with Gasteiger partial charge in [0, 0.05) is 12.1 Å². The zero-order valence-electron chi connectivity index (χ0n) is 11.4. The second-order valence-corrected chi connectivity index (χ2v) is 5.88. The minimum absolute atomic E-state index is 0.0731. The molecule has 0 radical (unpaired) electrons. The second kappa shape index (κ2) is 6.61. The quantitative estimate of drug-likeness (QED) is 0.731. The van der Waals surface area contributed by atoms with E-state index in [1.54, 1.807) is 0 Å². The van der Waals surface area contributed by atoms with Gasteiger partial charge in [0.1, 0.15) is 0 Å². The highest BCUT2D eigenvalue weighted by atomic mass is 14.9. The Balaban J connectivity index is 2.25. The monoisotopic (exact) mass is 226 g/mol. The molecule has 0 aromatic heterocycles. The molecule has 2 unspecified atom stereocenters. The molecular formula is C14H30N2. The molecule has 96 valence electrons. The number of nitrogens with two attached hydrogens (primary N) is 1. The molecular weight excluding hydrogens is 196 g/mol. The van der Waals surface area contributed by atoms with Crippen molar-refractivity contribution in [2.24, 2.45) is 17.6 Å². The van der Waals surface area contributed by atoms with Gasteiger partial charge in [-0.15, -0.1) is 0 Å². The van der Waals surface area contributed by atoms with Crippen molar-refractivity contribution in [1.82, 2.24) is 5.32 Å². The fourth-order valence-corrected chi connectivity index (χ4v) is 2.96. The van der Waals surface area contributed by atoms with Crippen LogP contribution in [0.2, 0.25) is 0 Å². The van der Waals surface area contributed by atoms with Gasteiger partial charge in [0.2, 0.25) is 0 Å². The number of hydrogen-bond donors (Lipinski definition) is 2. The van der Waals surface area contributed by atoms with E-state index in [4.69, 9.17) is 5.73 Å². The summed E-state index contributed by atoms with van der Waals surface area (Å²) in [7, 11) is 0. The van der Waals surface area contributed by atoms with Gasteiger partial charge >= 0.3 is 0 Å². The Bertz CT molecular complexity index is 189. The summed E-state index contributed by atoms with van der Waals surface area (Å²) in [6.45, 7) is 9.03. The summed E-state index contributed by atoms with van der Waals surface area (Å²) >= 11 is 0. The molecule has 0 heterocycles. The smallest absolute Gasteiger partial charge is 0.0283 e. The molecule has 0 aromatic rings. The molecule has 1 aliphatic carbocycles. The lowest BCUT2D eigenvalue weighted by molar-refractivity contribution is 0.226. The maximum Gasteiger partial charge on any atom is 0.0283 e. The summed E-state index contributed by atoms with van der Waals surface area (Å²) < 4.78 is 0. The van der Waals surface area contributed by atoms with Gasteiger partial charge in [-0.2, -0.15) is 0 Å². The van der Waals surface area contributed by atoms with E-state index >= 15 is 0 Å². The topological polar surface area (TPSA) is 38.0 Å². The fraction of sp³-hybridized carbons (Fsp3) is 1.00. The first-order chi connectivity index (χ1) is 7.59. The Hall–Kier alpha value is -0.0800. The van der Waals surface area contributed by atoms with Crippen LogP contribution in [0.5, 0.6) is 0 Å². The molecule has 2 heteroatoms. The van der Waals surface area contributed by atoms with E-state index in [0.29, 0.717) is 0 Å². The van der Waals surface area contributed by atoms with Crippen molar-refractivity contribution in [1.29, 1.82) is 0 Å². The Labute approximate surface area is 101 Å². The van der Waals surface area contributed by atoms with Crippen LogP contribution in [0.15, 0.2) is 0 Å². The first-order valence-electron chi connectivity index (χ1n) is 7.09. The Morgan fingerprint density at radius 1 is 1.38 bits per heavy atom. The largest absolute Gasteiger partial charge is 0.324 e. The van der Waals surface area contributed by atoms with Gasteiger partial charge in [-0.05, 0) is 31.2 Å². The minimum Gasteiger partial charge on any atom is -0.324 e. The summed E-state index contributed by atoms with van der Waals surface area (Å²) in [5.74, 6) is 1.64. The molecule has 0 bridgehead atoms. The van der Waals surface area contributed by atoms with Gasteiger partial charge in [0.15, 0.2) is 0 Å². The summed E-state index contributed by atoms with van der Waals surface area (Å²) in [6.07, 6.45) is 7.63. The van der Waals surface area contributed by atoms with Crippen LogP contribution in [0.3, 0.4) is 0 Å². The van der Waals surface area contributed by atoms with Crippen molar-refractivity contribution in [3.05, 3.63) is 0 Å². The van der Waals surface area contributed by atoms with E-state index in [-0.39, 0.29) is 5.54 Å². The predicted octanol–water partition coefficient (Wildman–Crippen LogP) is 2.92. The molecule has 3 N–H and O–H groups in total. The summed E-state index contributed by atoms with van der Waals surface area (Å²) in [5, 5.41) is 3.59. The third-order valence-electron chi connectivity index (χ3n) is 4.19. The van der Waals surface area contributed by atoms with Gasteiger partial charge in [0.25, 0.3) is 0 Å². The van der Waals surface area contributed by atoms with Crippen molar-refractivity contribution >= 4 is 0 Å². The van der Waals surface area contributed by atoms with Crippen LogP contribution in [0, 0.1) is 11.8 Å². The molecule has 0 spiro atoms. The molecule has 0 amide bonds. The number of hydrogen-bond acceptors (Lipinski definition) is 2. The van der Waals surface area contributed by atoms with Crippen molar-refractivity contribution in [2.45, 2.75) is 64.8 Å². The van der Waals surface area contributed by atoms with E-state index in [0.717, 1.165) is 24.9 Å². The number of rotatable bonds is 6. The maximum atomic E-state index is 6.46. The SMILES string of the molecule is CCC(CC)CNCC1(N)CCCC(C)C1. The minimum atomic E-state index is 0.0731. The summed E-state index contributed by atoms with van der Waals surface area (Å²) in [6, 6.07) is 0. The average molecular weight is 226 g/mol. The van der Waals surface area contributed by atoms with E-state index < -0.39 is 0 Å². The van der Waals surface area contributed by atoms with Gasteiger partial charge in [-0.3, -0.25) is 0 Å². The van der Waals surface area contributed by atoms with Crippen molar-refractivity contribution in [2.75, 3.05) is 13.1 Å². The van der Waals surface area contributed by atoms with Crippen LogP contribution < -0.4 is 11.1 Å². The van der Waals surface area contributed by atoms with Gasteiger partial charge < -0.3 is 11.1 Å². The van der Waals surface area contributed by atoms with Crippen LogP contribution in [-0.4, -0.2) is 18.6 Å². The third kappa shape index (κ3) is 4.42. The molecule has 0 aromatic carbocycles. The molecule has 2 atom stereocenters. The van der Waals surface area contributed by atoms with E-state index in [9.17, 15) is 0 Å². The average Bonchev–Trinajstić information content (AvgIpc) is 2.24. The molecule has 1 fully saturated rings. The fourth-order valence-electron chi connectivity index (χ4n) is 2.96. The van der Waals surface area contributed by atoms with Gasteiger partial charge in [-0.25, -0.2) is 0 Å². The first-order valence-corrected chi connectivity index (χ1v) is 7.09. The van der Waals surface area contributed by atoms with E-state index in [1.165, 1.54) is 38.5 Å². The normalized spacial score (nSPS) is 30.9. The Morgan fingerprint density at radius 3 is 2.62 bits per heavy atom. The first kappa shape index (κ1) is 14.0. The highest BCUT2D eigenvalue weighted by Crippen LogP contribution is 2.29. The highest BCUT2D eigenvalue weighted by molar-refractivity contribution is 4.91. The molecule has 1 aliphatic rings. The van der Waals surface area contributed by atoms with Gasteiger partial charge in [-0.1, -0.05) is 46.5 Å². The highest BCUT2D eigenvalue weighted by Gasteiger charge is 2.30. The van der Waals surface area contributed by atoms with Crippen LogP contribution >= 0.6 is 0 Å². The third-order valence-corrected chi connectivity index (χ3v) is 4.19. The van der Waals surface area contributed by atoms with Crippen molar-refractivity contribution in [3.8, 4) is 0 Å². The lowest BCUT2D eigenvalue weighted by atomic mass is 9.77. The number of nitrogens with one attached hydrogen (secondary N) is 1.